The first-order valence-electron chi connectivity index (χ1n) is 6.32. The number of halogens is 1. The lowest BCUT2D eigenvalue weighted by atomic mass is 9.87. The zero-order valence-corrected chi connectivity index (χ0v) is 11.9. The fourth-order valence-electron chi connectivity index (χ4n) is 3.17. The molecule has 1 aliphatic rings. The van der Waals surface area contributed by atoms with Crippen molar-refractivity contribution >= 4 is 17.3 Å². The van der Waals surface area contributed by atoms with Gasteiger partial charge in [0.1, 0.15) is 5.54 Å². The number of nitriles is 1. The predicted molar refractivity (Wildman–Crippen MR) is 75.6 cm³/mol. The van der Waals surface area contributed by atoms with Crippen molar-refractivity contribution < 1.29 is 0 Å². The molecule has 1 aromatic rings. The van der Waals surface area contributed by atoms with E-state index in [-0.39, 0.29) is 5.41 Å². The minimum Gasteiger partial charge on any atom is -0.367 e. The highest BCUT2D eigenvalue weighted by molar-refractivity contribution is 6.30. The summed E-state index contributed by atoms with van der Waals surface area (Å²) in [6.45, 7) is 6.60. The molecule has 2 atom stereocenters. The molecule has 0 heterocycles. The normalized spacial score (nSPS) is 29.8. The van der Waals surface area contributed by atoms with Gasteiger partial charge >= 0.3 is 0 Å². The fraction of sp³-hybridized carbons (Fsp3) is 0.533. The Bertz CT molecular complexity index is 490. The molecular formula is C15H19ClN2. The summed E-state index contributed by atoms with van der Waals surface area (Å²) < 4.78 is 0. The van der Waals surface area contributed by atoms with E-state index in [1.165, 1.54) is 0 Å². The van der Waals surface area contributed by atoms with Crippen LogP contribution >= 0.6 is 11.6 Å². The molecule has 1 saturated carbocycles. The third-order valence-electron chi connectivity index (χ3n) is 3.85. The summed E-state index contributed by atoms with van der Waals surface area (Å²) in [5.74, 6) is 0.330. The van der Waals surface area contributed by atoms with Gasteiger partial charge in [-0.3, -0.25) is 0 Å². The van der Waals surface area contributed by atoms with Crippen molar-refractivity contribution in [2.24, 2.45) is 11.3 Å². The Kier molecular flexibility index (Phi) is 3.29. The van der Waals surface area contributed by atoms with Gasteiger partial charge in [-0.25, -0.2) is 0 Å². The van der Waals surface area contributed by atoms with Crippen molar-refractivity contribution in [3.8, 4) is 6.07 Å². The second-order valence-electron chi connectivity index (χ2n) is 6.16. The van der Waals surface area contributed by atoms with Crippen molar-refractivity contribution in [2.45, 2.75) is 39.2 Å². The second-order valence-corrected chi connectivity index (χ2v) is 6.60. The average Bonchev–Trinajstić information content (AvgIpc) is 2.49. The molecule has 0 radical (unpaired) electrons. The van der Waals surface area contributed by atoms with Gasteiger partial charge in [0, 0.05) is 10.7 Å². The SMILES string of the molecule is CC1CC(C)(C)CC1(C#N)Nc1cccc(Cl)c1. The van der Waals surface area contributed by atoms with E-state index in [0.29, 0.717) is 10.9 Å². The first kappa shape index (κ1) is 13.2. The van der Waals surface area contributed by atoms with Crippen molar-refractivity contribution in [1.29, 1.82) is 5.26 Å². The van der Waals surface area contributed by atoms with E-state index >= 15 is 0 Å². The third kappa shape index (κ3) is 2.47. The minimum absolute atomic E-state index is 0.209. The van der Waals surface area contributed by atoms with Gasteiger partial charge in [-0.15, -0.1) is 0 Å². The number of hydrogen-bond acceptors (Lipinski definition) is 2. The number of benzene rings is 1. The largest absolute Gasteiger partial charge is 0.367 e. The van der Waals surface area contributed by atoms with E-state index in [0.717, 1.165) is 18.5 Å². The lowest BCUT2D eigenvalue weighted by molar-refractivity contribution is 0.363. The zero-order valence-electron chi connectivity index (χ0n) is 11.1. The first-order valence-corrected chi connectivity index (χ1v) is 6.70. The summed E-state index contributed by atoms with van der Waals surface area (Å²) in [5, 5.41) is 13.7. The van der Waals surface area contributed by atoms with Crippen molar-refractivity contribution in [1.82, 2.24) is 0 Å². The van der Waals surface area contributed by atoms with Crippen LogP contribution in [0.25, 0.3) is 0 Å². The standard InChI is InChI=1S/C15H19ClN2/c1-11-8-14(2,3)9-15(11,10-17)18-13-6-4-5-12(16)7-13/h4-7,11,18H,8-9H2,1-3H3. The number of anilines is 1. The fourth-order valence-corrected chi connectivity index (χ4v) is 3.36. The van der Waals surface area contributed by atoms with E-state index in [2.05, 4.69) is 32.2 Å². The van der Waals surface area contributed by atoms with Crippen LogP contribution in [0.2, 0.25) is 5.02 Å². The summed E-state index contributed by atoms with van der Waals surface area (Å²) in [7, 11) is 0. The van der Waals surface area contributed by atoms with Gasteiger partial charge in [0.2, 0.25) is 0 Å². The van der Waals surface area contributed by atoms with Gasteiger partial charge in [-0.2, -0.15) is 5.26 Å². The van der Waals surface area contributed by atoms with Gasteiger partial charge in [-0.1, -0.05) is 38.4 Å². The van der Waals surface area contributed by atoms with Crippen molar-refractivity contribution in [2.75, 3.05) is 5.32 Å². The van der Waals surface area contributed by atoms with Crippen LogP contribution in [-0.2, 0) is 0 Å². The van der Waals surface area contributed by atoms with Gasteiger partial charge in [0.15, 0.2) is 0 Å². The highest BCUT2D eigenvalue weighted by Crippen LogP contribution is 2.48. The topological polar surface area (TPSA) is 35.8 Å². The van der Waals surface area contributed by atoms with Crippen LogP contribution in [0.3, 0.4) is 0 Å². The van der Waals surface area contributed by atoms with E-state index in [9.17, 15) is 5.26 Å². The maximum atomic E-state index is 9.60. The van der Waals surface area contributed by atoms with E-state index < -0.39 is 5.54 Å². The van der Waals surface area contributed by atoms with Crippen LogP contribution in [0.5, 0.6) is 0 Å². The molecule has 0 spiro atoms. The zero-order chi connectivity index (χ0) is 13.4. The van der Waals surface area contributed by atoms with Crippen LogP contribution in [0.15, 0.2) is 24.3 Å². The summed E-state index contributed by atoms with van der Waals surface area (Å²) in [5.41, 5.74) is 0.656. The Morgan fingerprint density at radius 1 is 1.44 bits per heavy atom. The Labute approximate surface area is 114 Å². The highest BCUT2D eigenvalue weighted by Gasteiger charge is 2.49. The molecule has 3 heteroatoms. The van der Waals surface area contributed by atoms with Gasteiger partial charge in [0.05, 0.1) is 6.07 Å². The molecule has 1 aliphatic carbocycles. The molecule has 0 bridgehead atoms. The highest BCUT2D eigenvalue weighted by atomic mass is 35.5. The summed E-state index contributed by atoms with van der Waals surface area (Å²) in [4.78, 5) is 0. The summed E-state index contributed by atoms with van der Waals surface area (Å²) in [6, 6.07) is 10.1. The lowest BCUT2D eigenvalue weighted by Gasteiger charge is -2.29. The molecule has 0 aliphatic heterocycles. The lowest BCUT2D eigenvalue weighted by Crippen LogP contribution is -2.39. The van der Waals surface area contributed by atoms with E-state index in [1.807, 2.05) is 24.3 Å². The van der Waals surface area contributed by atoms with Gasteiger partial charge in [-0.05, 0) is 42.4 Å². The molecule has 1 N–H and O–H groups in total. The molecule has 2 unspecified atom stereocenters. The van der Waals surface area contributed by atoms with Crippen LogP contribution in [0.4, 0.5) is 5.69 Å². The molecule has 0 saturated heterocycles. The first-order chi connectivity index (χ1) is 8.37. The Morgan fingerprint density at radius 3 is 2.67 bits per heavy atom. The Morgan fingerprint density at radius 2 is 2.17 bits per heavy atom. The second kappa shape index (κ2) is 4.48. The third-order valence-corrected chi connectivity index (χ3v) is 4.08. The van der Waals surface area contributed by atoms with Gasteiger partial charge in [0.25, 0.3) is 0 Å². The van der Waals surface area contributed by atoms with Crippen LogP contribution in [-0.4, -0.2) is 5.54 Å². The van der Waals surface area contributed by atoms with Crippen molar-refractivity contribution in [3.63, 3.8) is 0 Å². The Balaban J connectivity index is 2.28. The molecular weight excluding hydrogens is 244 g/mol. The minimum atomic E-state index is -0.478. The van der Waals surface area contributed by atoms with Gasteiger partial charge < -0.3 is 5.32 Å². The molecule has 1 aromatic carbocycles. The van der Waals surface area contributed by atoms with Crippen LogP contribution in [0, 0.1) is 22.7 Å². The molecule has 18 heavy (non-hydrogen) atoms. The molecule has 0 aromatic heterocycles. The molecule has 1 fully saturated rings. The van der Waals surface area contributed by atoms with Crippen molar-refractivity contribution in [3.05, 3.63) is 29.3 Å². The molecule has 2 rings (SSSR count). The maximum Gasteiger partial charge on any atom is 0.128 e. The van der Waals surface area contributed by atoms with Crippen LogP contribution < -0.4 is 5.32 Å². The monoisotopic (exact) mass is 262 g/mol. The number of hydrogen-bond donors (Lipinski definition) is 1. The van der Waals surface area contributed by atoms with Crippen LogP contribution in [0.1, 0.15) is 33.6 Å². The smallest absolute Gasteiger partial charge is 0.128 e. The molecule has 96 valence electrons. The quantitative estimate of drug-likeness (QED) is 0.854. The Hall–Kier alpha value is -1.20. The predicted octanol–water partition coefficient (Wildman–Crippen LogP) is 4.47. The number of nitrogens with one attached hydrogen (secondary N) is 1. The number of rotatable bonds is 2. The van der Waals surface area contributed by atoms with E-state index in [1.54, 1.807) is 0 Å². The average molecular weight is 263 g/mol. The van der Waals surface area contributed by atoms with E-state index in [4.69, 9.17) is 11.6 Å². The summed E-state index contributed by atoms with van der Waals surface area (Å²) >= 11 is 5.99. The summed E-state index contributed by atoms with van der Waals surface area (Å²) in [6.07, 6.45) is 1.93. The molecule has 0 amide bonds. The maximum absolute atomic E-state index is 9.60. The molecule has 2 nitrogen and oxygen atoms in total. The number of nitrogens with zero attached hydrogens (tertiary/aromatic N) is 1.